The number of hydrogen-bond donors (Lipinski definition) is 3. The van der Waals surface area contributed by atoms with Gasteiger partial charge in [-0.25, -0.2) is 0 Å². The molecule has 16 heavy (non-hydrogen) atoms. The van der Waals surface area contributed by atoms with Crippen molar-refractivity contribution in [2.45, 2.75) is 45.2 Å². The van der Waals surface area contributed by atoms with Crippen LogP contribution in [-0.2, 0) is 9.59 Å². The highest BCUT2D eigenvalue weighted by Gasteiger charge is 2.17. The lowest BCUT2D eigenvalue weighted by atomic mass is 10.1. The molecule has 1 fully saturated rings. The van der Waals surface area contributed by atoms with E-state index in [1.165, 1.54) is 0 Å². The van der Waals surface area contributed by atoms with E-state index in [9.17, 15) is 9.59 Å². The third-order valence-corrected chi connectivity index (χ3v) is 2.49. The molecule has 1 heterocycles. The molecule has 5 heteroatoms. The van der Waals surface area contributed by atoms with Crippen LogP contribution in [0.2, 0.25) is 0 Å². The van der Waals surface area contributed by atoms with Crippen LogP contribution >= 0.6 is 0 Å². The first kappa shape index (κ1) is 13.0. The van der Waals surface area contributed by atoms with Crippen molar-refractivity contribution in [3.05, 3.63) is 0 Å². The summed E-state index contributed by atoms with van der Waals surface area (Å²) in [6, 6.07) is 0.397. The Labute approximate surface area is 96.4 Å². The Bertz CT molecular complexity index is 248. The van der Waals surface area contributed by atoms with Crippen LogP contribution < -0.4 is 16.0 Å². The van der Waals surface area contributed by atoms with Crippen LogP contribution in [0, 0.1) is 0 Å². The van der Waals surface area contributed by atoms with E-state index < -0.39 is 0 Å². The fourth-order valence-corrected chi connectivity index (χ4v) is 1.78. The lowest BCUT2D eigenvalue weighted by molar-refractivity contribution is -0.126. The molecule has 1 unspecified atom stereocenters. The zero-order valence-electron chi connectivity index (χ0n) is 10.0. The third kappa shape index (κ3) is 5.11. The number of nitrogens with one attached hydrogen (secondary N) is 3. The Morgan fingerprint density at radius 2 is 2.12 bits per heavy atom. The van der Waals surface area contributed by atoms with E-state index in [1.54, 1.807) is 0 Å². The van der Waals surface area contributed by atoms with Crippen LogP contribution in [0.5, 0.6) is 0 Å². The topological polar surface area (TPSA) is 70.2 Å². The van der Waals surface area contributed by atoms with Gasteiger partial charge in [0.05, 0.1) is 6.54 Å². The first-order valence-corrected chi connectivity index (χ1v) is 5.87. The zero-order chi connectivity index (χ0) is 12.0. The van der Waals surface area contributed by atoms with Gasteiger partial charge in [0.2, 0.25) is 11.8 Å². The fraction of sp³-hybridized carbons (Fsp3) is 0.818. The van der Waals surface area contributed by atoms with Gasteiger partial charge in [0.25, 0.3) is 0 Å². The lowest BCUT2D eigenvalue weighted by Gasteiger charge is -2.11. The molecule has 0 radical (unpaired) electrons. The Morgan fingerprint density at radius 3 is 2.69 bits per heavy atom. The molecule has 3 N–H and O–H groups in total. The van der Waals surface area contributed by atoms with E-state index in [0.717, 1.165) is 19.4 Å². The minimum atomic E-state index is -0.136. The second kappa shape index (κ2) is 6.48. The van der Waals surface area contributed by atoms with Crippen LogP contribution in [-0.4, -0.2) is 37.0 Å². The smallest absolute Gasteiger partial charge is 0.239 e. The van der Waals surface area contributed by atoms with Crippen LogP contribution in [0.3, 0.4) is 0 Å². The van der Waals surface area contributed by atoms with Gasteiger partial charge < -0.3 is 16.0 Å². The van der Waals surface area contributed by atoms with Crippen molar-refractivity contribution in [1.82, 2.24) is 16.0 Å². The average Bonchev–Trinajstić information content (AvgIpc) is 2.66. The van der Waals surface area contributed by atoms with Crippen molar-refractivity contribution in [3.8, 4) is 0 Å². The van der Waals surface area contributed by atoms with E-state index in [4.69, 9.17) is 0 Å². The SMILES string of the molecule is CC(C)NC(=O)CNC(=O)CC1CCCN1. The molecule has 0 saturated carbocycles. The van der Waals surface area contributed by atoms with E-state index >= 15 is 0 Å². The molecule has 0 aromatic heterocycles. The third-order valence-electron chi connectivity index (χ3n) is 2.49. The summed E-state index contributed by atoms with van der Waals surface area (Å²) in [5, 5.41) is 8.59. The second-order valence-corrected chi connectivity index (χ2v) is 4.50. The van der Waals surface area contributed by atoms with Gasteiger partial charge in [-0.1, -0.05) is 0 Å². The predicted molar refractivity (Wildman–Crippen MR) is 61.9 cm³/mol. The molecule has 0 aliphatic carbocycles. The van der Waals surface area contributed by atoms with Crippen molar-refractivity contribution < 1.29 is 9.59 Å². The van der Waals surface area contributed by atoms with Crippen LogP contribution in [0.1, 0.15) is 33.1 Å². The van der Waals surface area contributed by atoms with Gasteiger partial charge in [-0.2, -0.15) is 0 Å². The van der Waals surface area contributed by atoms with Crippen molar-refractivity contribution in [2.75, 3.05) is 13.1 Å². The Balaban J connectivity index is 2.11. The molecule has 2 amide bonds. The van der Waals surface area contributed by atoms with Gasteiger partial charge in [0.15, 0.2) is 0 Å². The van der Waals surface area contributed by atoms with Crippen LogP contribution in [0.15, 0.2) is 0 Å². The van der Waals surface area contributed by atoms with Gasteiger partial charge in [-0.05, 0) is 33.2 Å². The van der Waals surface area contributed by atoms with Crippen molar-refractivity contribution >= 4 is 11.8 Å². The van der Waals surface area contributed by atoms with Gasteiger partial charge in [-0.15, -0.1) is 0 Å². The van der Waals surface area contributed by atoms with Gasteiger partial charge >= 0.3 is 0 Å². The van der Waals surface area contributed by atoms with E-state index in [1.807, 2.05) is 13.8 Å². The first-order valence-electron chi connectivity index (χ1n) is 5.87. The summed E-state index contributed by atoms with van der Waals surface area (Å²) < 4.78 is 0. The molecule has 1 rings (SSSR count). The monoisotopic (exact) mass is 227 g/mol. The summed E-state index contributed by atoms with van der Waals surface area (Å²) >= 11 is 0. The number of amides is 2. The van der Waals surface area contributed by atoms with Gasteiger partial charge in [0, 0.05) is 18.5 Å². The first-order chi connectivity index (χ1) is 7.58. The molecule has 1 aliphatic rings. The molecule has 0 aromatic rings. The maximum absolute atomic E-state index is 11.5. The highest BCUT2D eigenvalue weighted by molar-refractivity contribution is 5.84. The standard InChI is InChI=1S/C11H21N3O2/c1-8(2)14-11(16)7-13-10(15)6-9-4-3-5-12-9/h8-9,12H,3-7H2,1-2H3,(H,13,15)(H,14,16). The van der Waals surface area contributed by atoms with Crippen LogP contribution in [0.25, 0.3) is 0 Å². The lowest BCUT2D eigenvalue weighted by Crippen LogP contribution is -2.41. The fourth-order valence-electron chi connectivity index (χ4n) is 1.78. The number of rotatable bonds is 5. The van der Waals surface area contributed by atoms with Gasteiger partial charge in [-0.3, -0.25) is 9.59 Å². The summed E-state index contributed by atoms with van der Waals surface area (Å²) in [7, 11) is 0. The molecular formula is C11H21N3O2. The molecule has 0 bridgehead atoms. The van der Waals surface area contributed by atoms with Crippen molar-refractivity contribution in [2.24, 2.45) is 0 Å². The second-order valence-electron chi connectivity index (χ2n) is 4.50. The largest absolute Gasteiger partial charge is 0.352 e. The normalized spacial score (nSPS) is 19.8. The summed E-state index contributed by atoms with van der Waals surface area (Å²) in [4.78, 5) is 22.7. The van der Waals surface area contributed by atoms with Crippen LogP contribution in [0.4, 0.5) is 0 Å². The molecule has 0 spiro atoms. The Kier molecular flexibility index (Phi) is 5.25. The maximum Gasteiger partial charge on any atom is 0.239 e. The Hall–Kier alpha value is -1.10. The molecule has 0 aromatic carbocycles. The van der Waals surface area contributed by atoms with E-state index in [0.29, 0.717) is 6.42 Å². The molecule has 1 saturated heterocycles. The quantitative estimate of drug-likeness (QED) is 0.607. The maximum atomic E-state index is 11.5. The highest BCUT2D eigenvalue weighted by atomic mass is 16.2. The molecular weight excluding hydrogens is 206 g/mol. The predicted octanol–water partition coefficient (Wildman–Crippen LogP) is -0.231. The molecule has 1 aliphatic heterocycles. The van der Waals surface area contributed by atoms with Crippen molar-refractivity contribution in [1.29, 1.82) is 0 Å². The number of carbonyl (C=O) groups excluding carboxylic acids is 2. The summed E-state index contributed by atoms with van der Waals surface area (Å²) in [5.41, 5.74) is 0. The van der Waals surface area contributed by atoms with E-state index in [2.05, 4.69) is 16.0 Å². The zero-order valence-corrected chi connectivity index (χ0v) is 10.0. The van der Waals surface area contributed by atoms with Gasteiger partial charge in [0.1, 0.15) is 0 Å². The summed E-state index contributed by atoms with van der Waals surface area (Å²) in [5.74, 6) is -0.193. The minimum absolute atomic E-state index is 0.0571. The van der Waals surface area contributed by atoms with E-state index in [-0.39, 0.29) is 30.4 Å². The molecule has 92 valence electrons. The summed E-state index contributed by atoms with van der Waals surface area (Å²) in [6.45, 7) is 4.85. The minimum Gasteiger partial charge on any atom is -0.352 e. The summed E-state index contributed by atoms with van der Waals surface area (Å²) in [6.07, 6.45) is 2.65. The molecule has 1 atom stereocenters. The average molecular weight is 227 g/mol. The highest BCUT2D eigenvalue weighted by Crippen LogP contribution is 2.07. The Morgan fingerprint density at radius 1 is 1.38 bits per heavy atom. The number of carbonyl (C=O) groups is 2. The number of hydrogen-bond acceptors (Lipinski definition) is 3. The van der Waals surface area contributed by atoms with Crippen molar-refractivity contribution in [3.63, 3.8) is 0 Å². The molecule has 5 nitrogen and oxygen atoms in total.